The minimum Gasteiger partial charge on any atom is -0.490 e. The molecular formula is C21H23ClN2O6S. The molecule has 1 saturated heterocycles. The van der Waals surface area contributed by atoms with Gasteiger partial charge < -0.3 is 14.4 Å². The molecule has 31 heavy (non-hydrogen) atoms. The maximum absolute atomic E-state index is 12.9. The Morgan fingerprint density at radius 3 is 2.32 bits per heavy atom. The number of esters is 1. The van der Waals surface area contributed by atoms with Crippen molar-refractivity contribution >= 4 is 33.5 Å². The van der Waals surface area contributed by atoms with Crippen LogP contribution in [0.25, 0.3) is 0 Å². The van der Waals surface area contributed by atoms with E-state index in [1.807, 2.05) is 0 Å². The molecule has 0 radical (unpaired) electrons. The Morgan fingerprint density at radius 2 is 1.68 bits per heavy atom. The molecule has 0 aliphatic carbocycles. The summed E-state index contributed by atoms with van der Waals surface area (Å²) < 4.78 is 37.8. The number of nitrogens with zero attached hydrogens (tertiary/aromatic N) is 2. The quantitative estimate of drug-likeness (QED) is 0.459. The number of halogens is 1. The van der Waals surface area contributed by atoms with Gasteiger partial charge in [0.2, 0.25) is 15.9 Å². The number of hydrogen-bond acceptors (Lipinski definition) is 6. The van der Waals surface area contributed by atoms with Gasteiger partial charge in [-0.05, 0) is 42.5 Å². The van der Waals surface area contributed by atoms with Gasteiger partial charge in [0.05, 0.1) is 10.5 Å². The monoisotopic (exact) mass is 466 g/mol. The number of hydrogen-bond donors (Lipinski definition) is 0. The zero-order chi connectivity index (χ0) is 22.4. The molecule has 0 aromatic heterocycles. The average Bonchev–Trinajstić information content (AvgIpc) is 2.78. The van der Waals surface area contributed by atoms with Crippen LogP contribution in [0.1, 0.15) is 17.3 Å². The molecule has 2 aromatic carbocycles. The van der Waals surface area contributed by atoms with Gasteiger partial charge in [0.1, 0.15) is 19.0 Å². The molecule has 0 bridgehead atoms. The number of amides is 1. The van der Waals surface area contributed by atoms with E-state index in [0.717, 1.165) is 0 Å². The van der Waals surface area contributed by atoms with Crippen LogP contribution in [0.15, 0.2) is 53.4 Å². The highest BCUT2D eigenvalue weighted by Crippen LogP contribution is 2.20. The Balaban J connectivity index is 1.56. The molecule has 0 atom stereocenters. The molecule has 1 fully saturated rings. The van der Waals surface area contributed by atoms with Crippen LogP contribution >= 0.6 is 11.6 Å². The summed E-state index contributed by atoms with van der Waals surface area (Å²) in [5.74, 6) is -0.126. The standard InChI is InChI=1S/C21H23ClN2O6S/c1-16(25)23-9-11-24(12-10-23)31(27,28)20-4-2-3-17(15-20)21(26)30-14-13-29-19-7-5-18(22)6-8-19/h2-8,15H,9-14H2,1H3. The summed E-state index contributed by atoms with van der Waals surface area (Å²) in [6.45, 7) is 2.70. The van der Waals surface area contributed by atoms with Crippen molar-refractivity contribution in [2.45, 2.75) is 11.8 Å². The molecule has 2 aromatic rings. The van der Waals surface area contributed by atoms with Gasteiger partial charge in [-0.1, -0.05) is 17.7 Å². The first-order valence-electron chi connectivity index (χ1n) is 9.68. The molecule has 1 heterocycles. The summed E-state index contributed by atoms with van der Waals surface area (Å²) in [6, 6.07) is 12.5. The van der Waals surface area contributed by atoms with Gasteiger partial charge in [0, 0.05) is 38.1 Å². The zero-order valence-electron chi connectivity index (χ0n) is 17.0. The third kappa shape index (κ3) is 5.96. The number of carbonyl (C=O) groups is 2. The molecule has 8 nitrogen and oxygen atoms in total. The van der Waals surface area contributed by atoms with E-state index in [9.17, 15) is 18.0 Å². The highest BCUT2D eigenvalue weighted by Gasteiger charge is 2.29. The second-order valence-electron chi connectivity index (χ2n) is 6.88. The van der Waals surface area contributed by atoms with Crippen LogP contribution in [0.3, 0.4) is 0 Å². The number of sulfonamides is 1. The van der Waals surface area contributed by atoms with Gasteiger partial charge >= 0.3 is 5.97 Å². The Kier molecular flexibility index (Phi) is 7.53. The molecular weight excluding hydrogens is 444 g/mol. The smallest absolute Gasteiger partial charge is 0.338 e. The first-order chi connectivity index (χ1) is 14.8. The summed E-state index contributed by atoms with van der Waals surface area (Å²) in [6.07, 6.45) is 0. The lowest BCUT2D eigenvalue weighted by molar-refractivity contribution is -0.129. The van der Waals surface area contributed by atoms with E-state index in [1.54, 1.807) is 29.2 Å². The van der Waals surface area contributed by atoms with Crippen molar-refractivity contribution in [1.82, 2.24) is 9.21 Å². The molecule has 0 unspecified atom stereocenters. The zero-order valence-corrected chi connectivity index (χ0v) is 18.6. The van der Waals surface area contributed by atoms with Crippen LogP contribution in [0.5, 0.6) is 5.75 Å². The molecule has 166 valence electrons. The minimum absolute atomic E-state index is 0.00540. The summed E-state index contributed by atoms with van der Waals surface area (Å²) in [5.41, 5.74) is 0.134. The van der Waals surface area contributed by atoms with Gasteiger partial charge in [-0.15, -0.1) is 0 Å². The number of carbonyl (C=O) groups excluding carboxylic acids is 2. The fraction of sp³-hybridized carbons (Fsp3) is 0.333. The second kappa shape index (κ2) is 10.1. The van der Waals surface area contributed by atoms with E-state index in [2.05, 4.69) is 0 Å². The van der Waals surface area contributed by atoms with Crippen LogP contribution in [-0.4, -0.2) is 68.9 Å². The van der Waals surface area contributed by atoms with Gasteiger partial charge in [-0.25, -0.2) is 13.2 Å². The van der Waals surface area contributed by atoms with Gasteiger partial charge in [-0.3, -0.25) is 4.79 Å². The maximum atomic E-state index is 12.9. The minimum atomic E-state index is -3.78. The Hall–Kier alpha value is -2.62. The SMILES string of the molecule is CC(=O)N1CCN(S(=O)(=O)c2cccc(C(=O)OCCOc3ccc(Cl)cc3)c2)CC1. The molecule has 1 aliphatic rings. The lowest BCUT2D eigenvalue weighted by Crippen LogP contribution is -2.49. The second-order valence-corrected chi connectivity index (χ2v) is 9.25. The van der Waals surface area contributed by atoms with Crippen LogP contribution < -0.4 is 4.74 Å². The topological polar surface area (TPSA) is 93.2 Å². The highest BCUT2D eigenvalue weighted by atomic mass is 35.5. The molecule has 10 heteroatoms. The number of ether oxygens (including phenoxy) is 2. The molecule has 0 saturated carbocycles. The number of rotatable bonds is 7. The molecule has 1 aliphatic heterocycles. The fourth-order valence-corrected chi connectivity index (χ4v) is 4.68. The molecule has 0 N–H and O–H groups in total. The predicted octanol–water partition coefficient (Wildman–Crippen LogP) is 2.43. The van der Waals surface area contributed by atoms with Crippen molar-refractivity contribution in [1.29, 1.82) is 0 Å². The van der Waals surface area contributed by atoms with E-state index in [0.29, 0.717) is 23.9 Å². The van der Waals surface area contributed by atoms with Crippen molar-refractivity contribution in [2.75, 3.05) is 39.4 Å². The Morgan fingerprint density at radius 1 is 1.00 bits per heavy atom. The summed E-state index contributed by atoms with van der Waals surface area (Å²) >= 11 is 5.81. The van der Waals surface area contributed by atoms with Crippen molar-refractivity contribution < 1.29 is 27.5 Å². The summed E-state index contributed by atoms with van der Waals surface area (Å²) in [7, 11) is -3.78. The fourth-order valence-electron chi connectivity index (χ4n) is 3.08. The third-order valence-corrected chi connectivity index (χ3v) is 6.94. The van der Waals surface area contributed by atoms with E-state index in [4.69, 9.17) is 21.1 Å². The van der Waals surface area contributed by atoms with Gasteiger partial charge in [0.15, 0.2) is 0 Å². The lowest BCUT2D eigenvalue weighted by Gasteiger charge is -2.33. The van der Waals surface area contributed by atoms with Crippen molar-refractivity contribution in [3.63, 3.8) is 0 Å². The maximum Gasteiger partial charge on any atom is 0.338 e. The molecule has 1 amide bonds. The largest absolute Gasteiger partial charge is 0.490 e. The summed E-state index contributed by atoms with van der Waals surface area (Å²) in [5, 5.41) is 0.592. The predicted molar refractivity (Wildman–Crippen MR) is 115 cm³/mol. The van der Waals surface area contributed by atoms with Crippen molar-refractivity contribution in [3.05, 3.63) is 59.1 Å². The van der Waals surface area contributed by atoms with Crippen LogP contribution in [0, 0.1) is 0 Å². The Labute approximate surface area is 186 Å². The number of piperazine rings is 1. The third-order valence-electron chi connectivity index (χ3n) is 4.79. The van der Waals surface area contributed by atoms with Crippen molar-refractivity contribution in [2.24, 2.45) is 0 Å². The van der Waals surface area contributed by atoms with Crippen LogP contribution in [0.2, 0.25) is 5.02 Å². The van der Waals surface area contributed by atoms with Crippen LogP contribution in [0.4, 0.5) is 0 Å². The normalized spacial score (nSPS) is 14.8. The average molecular weight is 467 g/mol. The first kappa shape index (κ1) is 23.1. The van der Waals surface area contributed by atoms with E-state index in [-0.39, 0.29) is 42.7 Å². The van der Waals surface area contributed by atoms with Gasteiger partial charge in [0.25, 0.3) is 0 Å². The lowest BCUT2D eigenvalue weighted by atomic mass is 10.2. The van der Waals surface area contributed by atoms with E-state index in [1.165, 1.54) is 35.5 Å². The van der Waals surface area contributed by atoms with Gasteiger partial charge in [-0.2, -0.15) is 4.31 Å². The Bertz CT molecular complexity index is 1030. The van der Waals surface area contributed by atoms with E-state index >= 15 is 0 Å². The van der Waals surface area contributed by atoms with Crippen LogP contribution in [-0.2, 0) is 19.6 Å². The first-order valence-corrected chi connectivity index (χ1v) is 11.5. The highest BCUT2D eigenvalue weighted by molar-refractivity contribution is 7.89. The van der Waals surface area contributed by atoms with E-state index < -0.39 is 16.0 Å². The van der Waals surface area contributed by atoms with Crippen molar-refractivity contribution in [3.8, 4) is 5.75 Å². The number of benzene rings is 2. The molecule has 0 spiro atoms. The summed E-state index contributed by atoms with van der Waals surface area (Å²) in [4.78, 5) is 25.4. The molecule has 3 rings (SSSR count).